The number of carbonyl (C=O) groups excluding carboxylic acids is 1. The lowest BCUT2D eigenvalue weighted by molar-refractivity contribution is 0.103. The van der Waals surface area contributed by atoms with E-state index in [1.165, 1.54) is 36.4 Å². The van der Waals surface area contributed by atoms with Crippen molar-refractivity contribution < 1.29 is 23.4 Å². The van der Waals surface area contributed by atoms with Gasteiger partial charge in [0.25, 0.3) is 10.0 Å². The van der Waals surface area contributed by atoms with Crippen LogP contribution in [-0.4, -0.2) is 24.4 Å². The molecule has 0 atom stereocenters. The van der Waals surface area contributed by atoms with Crippen LogP contribution in [0.2, 0.25) is 0 Å². The summed E-state index contributed by atoms with van der Waals surface area (Å²) in [6, 6.07) is 19.4. The van der Waals surface area contributed by atoms with Crippen molar-refractivity contribution >= 4 is 21.9 Å². The minimum atomic E-state index is -4.09. The van der Waals surface area contributed by atoms with Gasteiger partial charge in [0.2, 0.25) is 5.78 Å². The van der Waals surface area contributed by atoms with E-state index >= 15 is 0 Å². The lowest BCUT2D eigenvalue weighted by Crippen LogP contribution is -2.27. The monoisotopic (exact) mass is 395 g/mol. The number of para-hydroxylation sites is 1. The van der Waals surface area contributed by atoms with E-state index in [4.69, 9.17) is 0 Å². The molecule has 0 unspecified atom stereocenters. The third kappa shape index (κ3) is 4.39. The molecule has 7 heteroatoms. The molecule has 0 saturated carbocycles. The van der Waals surface area contributed by atoms with Crippen LogP contribution < -0.4 is 4.72 Å². The molecule has 6 nitrogen and oxygen atoms in total. The van der Waals surface area contributed by atoms with Crippen LogP contribution >= 0.6 is 0 Å². The number of allylic oxidation sites excluding steroid dienone is 1. The third-order valence-corrected chi connectivity index (χ3v) is 5.29. The molecule has 0 aliphatic heterocycles. The fraction of sp³-hybridized carbons (Fsp3) is 0. The Morgan fingerprint density at radius 1 is 0.821 bits per heavy atom. The zero-order valence-electron chi connectivity index (χ0n) is 14.6. The highest BCUT2D eigenvalue weighted by atomic mass is 32.2. The number of nitrogens with one attached hydrogen (secondary N) is 1. The highest BCUT2D eigenvalue weighted by Crippen LogP contribution is 2.22. The van der Waals surface area contributed by atoms with Crippen molar-refractivity contribution in [2.24, 2.45) is 0 Å². The first-order valence-electron chi connectivity index (χ1n) is 8.28. The van der Waals surface area contributed by atoms with Crippen molar-refractivity contribution in [1.29, 1.82) is 0 Å². The molecule has 0 aromatic heterocycles. The number of phenols is 2. The summed E-state index contributed by atoms with van der Waals surface area (Å²) < 4.78 is 27.7. The van der Waals surface area contributed by atoms with Crippen LogP contribution in [0.5, 0.6) is 11.5 Å². The van der Waals surface area contributed by atoms with Gasteiger partial charge in [-0.15, -0.1) is 0 Å². The molecule has 142 valence electrons. The van der Waals surface area contributed by atoms with Crippen molar-refractivity contribution in [3.63, 3.8) is 0 Å². The van der Waals surface area contributed by atoms with E-state index in [1.807, 2.05) is 0 Å². The number of phenolic OH excluding ortho intramolecular Hbond substituents is 2. The molecule has 0 saturated heterocycles. The molecule has 0 radical (unpaired) electrons. The van der Waals surface area contributed by atoms with Crippen molar-refractivity contribution in [3.05, 3.63) is 95.7 Å². The number of rotatable bonds is 6. The second-order valence-corrected chi connectivity index (χ2v) is 7.59. The molecular formula is C21H17NO5S. The van der Waals surface area contributed by atoms with Crippen LogP contribution in [0.1, 0.15) is 15.9 Å². The Balaban J connectivity index is 2.05. The summed E-state index contributed by atoms with van der Waals surface area (Å²) in [5.41, 5.74) is 0.355. The van der Waals surface area contributed by atoms with Gasteiger partial charge >= 0.3 is 0 Å². The smallest absolute Gasteiger partial charge is 0.262 e. The molecule has 0 heterocycles. The van der Waals surface area contributed by atoms with Crippen LogP contribution in [0, 0.1) is 0 Å². The Labute approximate surface area is 162 Å². The van der Waals surface area contributed by atoms with Crippen molar-refractivity contribution in [3.8, 4) is 11.5 Å². The average molecular weight is 395 g/mol. The largest absolute Gasteiger partial charge is 0.508 e. The number of aromatic hydroxyl groups is 2. The van der Waals surface area contributed by atoms with E-state index in [2.05, 4.69) is 4.72 Å². The van der Waals surface area contributed by atoms with Crippen molar-refractivity contribution in [2.45, 2.75) is 4.90 Å². The molecule has 0 spiro atoms. The maximum absolute atomic E-state index is 12.9. The Bertz CT molecular complexity index is 1120. The molecule has 0 bridgehead atoms. The second-order valence-electron chi connectivity index (χ2n) is 5.91. The Kier molecular flexibility index (Phi) is 5.47. The van der Waals surface area contributed by atoms with Gasteiger partial charge < -0.3 is 10.2 Å². The Morgan fingerprint density at radius 2 is 1.43 bits per heavy atom. The maximum atomic E-state index is 12.9. The molecular weight excluding hydrogens is 378 g/mol. The molecule has 3 aromatic carbocycles. The average Bonchev–Trinajstić information content (AvgIpc) is 2.69. The topological polar surface area (TPSA) is 104 Å². The summed E-state index contributed by atoms with van der Waals surface area (Å²) >= 11 is 0. The number of hydrogen-bond donors (Lipinski definition) is 3. The summed E-state index contributed by atoms with van der Waals surface area (Å²) in [5.74, 6) is -0.722. The van der Waals surface area contributed by atoms with Crippen LogP contribution in [0.15, 0.2) is 89.5 Å². The van der Waals surface area contributed by atoms with Gasteiger partial charge in [0.15, 0.2) is 0 Å². The van der Waals surface area contributed by atoms with Gasteiger partial charge in [-0.05, 0) is 36.4 Å². The molecule has 3 N–H and O–H groups in total. The predicted molar refractivity (Wildman–Crippen MR) is 105 cm³/mol. The lowest BCUT2D eigenvalue weighted by Gasteiger charge is -2.12. The summed E-state index contributed by atoms with van der Waals surface area (Å²) in [6.07, 6.45) is 1.28. The van der Waals surface area contributed by atoms with E-state index in [-0.39, 0.29) is 33.2 Å². The fourth-order valence-corrected chi connectivity index (χ4v) is 3.53. The molecule has 3 aromatic rings. The van der Waals surface area contributed by atoms with Crippen LogP contribution in [0.4, 0.5) is 0 Å². The lowest BCUT2D eigenvalue weighted by atomic mass is 10.1. The summed E-state index contributed by atoms with van der Waals surface area (Å²) in [5, 5.41) is 19.4. The summed E-state index contributed by atoms with van der Waals surface area (Å²) in [4.78, 5) is 12.8. The van der Waals surface area contributed by atoms with Gasteiger partial charge in [0, 0.05) is 11.1 Å². The highest BCUT2D eigenvalue weighted by Gasteiger charge is 2.21. The molecule has 0 aliphatic rings. The standard InChI is InChI=1S/C21H17NO5S/c23-17-10-12-18(13-11-17)28(26,27)22-19(14-16-8-4-5-9-20(16)24)21(25)15-6-2-1-3-7-15/h1-14,22-24H. The van der Waals surface area contributed by atoms with Crippen LogP contribution in [0.25, 0.3) is 6.08 Å². The second kappa shape index (κ2) is 7.98. The fourth-order valence-electron chi connectivity index (χ4n) is 2.48. The molecule has 0 amide bonds. The van der Waals surface area contributed by atoms with E-state index in [0.717, 1.165) is 0 Å². The number of Topliss-reactive ketones (excluding diaryl/α,β-unsaturated/α-hetero) is 1. The van der Waals surface area contributed by atoms with Gasteiger partial charge in [-0.1, -0.05) is 48.5 Å². The zero-order valence-corrected chi connectivity index (χ0v) is 15.4. The normalized spacial score (nSPS) is 11.8. The predicted octanol–water partition coefficient (Wildman–Crippen LogP) is 3.30. The van der Waals surface area contributed by atoms with Gasteiger partial charge in [-0.25, -0.2) is 8.42 Å². The number of sulfonamides is 1. The zero-order chi connectivity index (χ0) is 20.1. The molecule has 28 heavy (non-hydrogen) atoms. The van der Waals surface area contributed by atoms with E-state index in [9.17, 15) is 23.4 Å². The number of hydrogen-bond acceptors (Lipinski definition) is 5. The van der Waals surface area contributed by atoms with Crippen LogP contribution in [-0.2, 0) is 10.0 Å². The first-order chi connectivity index (χ1) is 13.4. The molecule has 3 rings (SSSR count). The van der Waals surface area contributed by atoms with Crippen LogP contribution in [0.3, 0.4) is 0 Å². The minimum absolute atomic E-state index is 0.0794. The first-order valence-corrected chi connectivity index (χ1v) is 9.76. The highest BCUT2D eigenvalue weighted by molar-refractivity contribution is 7.89. The Hall–Kier alpha value is -3.58. The van der Waals surface area contributed by atoms with E-state index < -0.39 is 15.8 Å². The van der Waals surface area contributed by atoms with E-state index in [0.29, 0.717) is 0 Å². The third-order valence-electron chi connectivity index (χ3n) is 3.91. The quantitative estimate of drug-likeness (QED) is 0.439. The maximum Gasteiger partial charge on any atom is 0.262 e. The van der Waals surface area contributed by atoms with E-state index in [1.54, 1.807) is 48.5 Å². The van der Waals surface area contributed by atoms with Gasteiger partial charge in [-0.3, -0.25) is 9.52 Å². The summed E-state index contributed by atoms with van der Waals surface area (Å²) in [6.45, 7) is 0. The van der Waals surface area contributed by atoms with Gasteiger partial charge in [0.05, 0.1) is 10.6 Å². The van der Waals surface area contributed by atoms with Crippen molar-refractivity contribution in [2.75, 3.05) is 0 Å². The van der Waals surface area contributed by atoms with Gasteiger partial charge in [0.1, 0.15) is 11.5 Å². The number of benzene rings is 3. The Morgan fingerprint density at radius 3 is 2.07 bits per heavy atom. The van der Waals surface area contributed by atoms with Gasteiger partial charge in [-0.2, -0.15) is 0 Å². The number of ketones is 1. The van der Waals surface area contributed by atoms with Crippen molar-refractivity contribution in [1.82, 2.24) is 4.72 Å². The first kappa shape index (κ1) is 19.2. The summed E-state index contributed by atoms with van der Waals surface area (Å²) in [7, 11) is -4.09. The minimum Gasteiger partial charge on any atom is -0.508 e. The number of carbonyl (C=O) groups is 1. The molecule has 0 aliphatic carbocycles. The molecule has 0 fully saturated rings. The SMILES string of the molecule is O=C(C(=Cc1ccccc1O)NS(=O)(=O)c1ccc(O)cc1)c1ccccc1.